The Morgan fingerprint density at radius 1 is 1.15 bits per heavy atom. The van der Waals surface area contributed by atoms with Crippen LogP contribution in [0.1, 0.15) is 32.6 Å². The number of Topliss-reactive ketones (excluding diaryl/α,β-unsaturated/α-hetero) is 1. The van der Waals surface area contributed by atoms with E-state index >= 15 is 0 Å². The van der Waals surface area contributed by atoms with Crippen LogP contribution < -0.4 is 0 Å². The molecule has 2 heterocycles. The monoisotopic (exact) mass is 323 g/mol. The van der Waals surface area contributed by atoms with Gasteiger partial charge < -0.3 is 0 Å². The van der Waals surface area contributed by atoms with Gasteiger partial charge in [0.25, 0.3) is 0 Å². The molecule has 2 fully saturated rings. The zero-order chi connectivity index (χ0) is 15.0. The molecule has 0 aromatic rings. The van der Waals surface area contributed by atoms with E-state index in [0.717, 1.165) is 6.42 Å². The van der Waals surface area contributed by atoms with Crippen molar-refractivity contribution < 1.29 is 21.6 Å². The number of sulfone groups is 1. The topological polar surface area (TPSA) is 88.6 Å². The number of rotatable bonds is 3. The molecule has 0 N–H and O–H groups in total. The van der Waals surface area contributed by atoms with E-state index in [0.29, 0.717) is 13.0 Å². The Kier molecular flexibility index (Phi) is 4.56. The number of piperidine rings is 1. The van der Waals surface area contributed by atoms with Crippen molar-refractivity contribution >= 4 is 25.6 Å². The van der Waals surface area contributed by atoms with E-state index in [4.69, 9.17) is 0 Å². The first-order valence-corrected chi connectivity index (χ1v) is 10.2. The molecule has 6 nitrogen and oxygen atoms in total. The second-order valence-electron chi connectivity index (χ2n) is 5.70. The average molecular weight is 323 g/mol. The van der Waals surface area contributed by atoms with E-state index in [-0.39, 0.29) is 42.6 Å². The van der Waals surface area contributed by atoms with Crippen LogP contribution in [0.25, 0.3) is 0 Å². The lowest BCUT2D eigenvalue weighted by Crippen LogP contribution is -2.47. The highest BCUT2D eigenvalue weighted by Gasteiger charge is 2.39. The summed E-state index contributed by atoms with van der Waals surface area (Å²) in [4.78, 5) is 11.4. The molecule has 0 spiro atoms. The quantitative estimate of drug-likeness (QED) is 0.740. The maximum Gasteiger partial charge on any atom is 0.217 e. The van der Waals surface area contributed by atoms with Gasteiger partial charge in [-0.2, -0.15) is 0 Å². The minimum Gasteiger partial charge on any atom is -0.300 e. The number of carbonyl (C=O) groups is 1. The van der Waals surface area contributed by atoms with Gasteiger partial charge in [-0.3, -0.25) is 4.79 Å². The molecular weight excluding hydrogens is 302 g/mol. The molecule has 0 aromatic carbocycles. The maximum absolute atomic E-state index is 12.5. The number of carbonyl (C=O) groups excluding carboxylic acids is 1. The molecule has 0 aromatic heterocycles. The molecule has 20 heavy (non-hydrogen) atoms. The predicted octanol–water partition coefficient (Wildman–Crippen LogP) is 0.194. The van der Waals surface area contributed by atoms with Crippen molar-refractivity contribution in [2.75, 3.05) is 24.6 Å². The summed E-state index contributed by atoms with van der Waals surface area (Å²) in [5, 5.41) is -0.614. The van der Waals surface area contributed by atoms with E-state index in [9.17, 15) is 21.6 Å². The highest BCUT2D eigenvalue weighted by Crippen LogP contribution is 2.27. The summed E-state index contributed by atoms with van der Waals surface area (Å²) in [6.07, 6.45) is 1.77. The van der Waals surface area contributed by atoms with Gasteiger partial charge in [0.15, 0.2) is 0 Å². The van der Waals surface area contributed by atoms with Gasteiger partial charge >= 0.3 is 0 Å². The van der Waals surface area contributed by atoms with Gasteiger partial charge in [-0.25, -0.2) is 21.1 Å². The zero-order valence-corrected chi connectivity index (χ0v) is 13.2. The molecule has 0 aliphatic carbocycles. The molecule has 0 bridgehead atoms. The lowest BCUT2D eigenvalue weighted by atomic mass is 9.96. The van der Waals surface area contributed by atoms with E-state index in [1.165, 1.54) is 11.2 Å². The summed E-state index contributed by atoms with van der Waals surface area (Å²) in [6.45, 7) is 2.18. The van der Waals surface area contributed by atoms with Crippen LogP contribution in [0.3, 0.4) is 0 Å². The Morgan fingerprint density at radius 2 is 1.75 bits per heavy atom. The van der Waals surface area contributed by atoms with Crippen molar-refractivity contribution in [3.05, 3.63) is 0 Å². The Hall–Kier alpha value is -0.470. The lowest BCUT2D eigenvalue weighted by molar-refractivity contribution is -0.121. The first kappa shape index (κ1) is 15.9. The summed E-state index contributed by atoms with van der Waals surface area (Å²) < 4.78 is 49.2. The van der Waals surface area contributed by atoms with Crippen molar-refractivity contribution in [3.63, 3.8) is 0 Å². The molecule has 2 saturated heterocycles. The number of hydrogen-bond donors (Lipinski definition) is 0. The van der Waals surface area contributed by atoms with E-state index in [1.54, 1.807) is 0 Å². The predicted molar refractivity (Wildman–Crippen MR) is 75.6 cm³/mol. The van der Waals surface area contributed by atoms with Gasteiger partial charge in [-0.05, 0) is 32.6 Å². The van der Waals surface area contributed by atoms with Crippen LogP contribution >= 0.6 is 0 Å². The van der Waals surface area contributed by atoms with Crippen LogP contribution in [0.2, 0.25) is 0 Å². The van der Waals surface area contributed by atoms with Crippen molar-refractivity contribution in [3.8, 4) is 0 Å². The summed E-state index contributed by atoms with van der Waals surface area (Å²) >= 11 is 0. The third-order valence-corrected chi connectivity index (χ3v) is 8.32. The molecule has 0 amide bonds. The fraction of sp³-hybridized carbons (Fsp3) is 0.917. The number of nitrogens with zero attached hydrogens (tertiary/aromatic N) is 1. The molecule has 1 unspecified atom stereocenters. The van der Waals surface area contributed by atoms with E-state index in [2.05, 4.69) is 0 Å². The number of sulfonamides is 1. The molecule has 0 radical (unpaired) electrons. The minimum atomic E-state index is -3.49. The van der Waals surface area contributed by atoms with Crippen molar-refractivity contribution in [1.29, 1.82) is 0 Å². The average Bonchev–Trinajstić information content (AvgIpc) is 2.38. The molecular formula is C12H21NO5S2. The Bertz CT molecular complexity index is 567. The Balaban J connectivity index is 2.08. The lowest BCUT2D eigenvalue weighted by Gasteiger charge is -2.34. The van der Waals surface area contributed by atoms with Gasteiger partial charge in [0.1, 0.15) is 15.6 Å². The van der Waals surface area contributed by atoms with Crippen LogP contribution in [-0.4, -0.2) is 56.8 Å². The number of hydrogen-bond acceptors (Lipinski definition) is 5. The van der Waals surface area contributed by atoms with E-state index in [1.807, 2.05) is 0 Å². The second kappa shape index (κ2) is 5.73. The minimum absolute atomic E-state index is 0.0242. The fourth-order valence-corrected chi connectivity index (χ4v) is 6.70. The third-order valence-electron chi connectivity index (χ3n) is 4.24. The summed E-state index contributed by atoms with van der Waals surface area (Å²) in [7, 11) is -6.55. The Labute approximate surface area is 120 Å². The largest absolute Gasteiger partial charge is 0.300 e. The van der Waals surface area contributed by atoms with Crippen LogP contribution in [0, 0.1) is 5.92 Å². The molecule has 8 heteroatoms. The molecule has 1 atom stereocenters. The highest BCUT2D eigenvalue weighted by molar-refractivity contribution is 7.92. The van der Waals surface area contributed by atoms with Crippen LogP contribution in [-0.2, 0) is 24.7 Å². The van der Waals surface area contributed by atoms with Gasteiger partial charge in [0.2, 0.25) is 10.0 Å². The first-order valence-electron chi connectivity index (χ1n) is 6.92. The van der Waals surface area contributed by atoms with Gasteiger partial charge in [-0.15, -0.1) is 0 Å². The van der Waals surface area contributed by atoms with Crippen LogP contribution in [0.15, 0.2) is 0 Å². The third kappa shape index (κ3) is 3.40. The maximum atomic E-state index is 12.5. The molecule has 2 aliphatic heterocycles. The summed E-state index contributed by atoms with van der Waals surface area (Å²) in [6, 6.07) is 0. The second-order valence-corrected chi connectivity index (χ2v) is 10.2. The standard InChI is InChI=1S/C12H21NO5S2/c1-10(14)11-3-2-6-13(9-11)20(17,18)12-4-7-19(15,16)8-5-12/h11-12H,2-9H2,1H3. The summed E-state index contributed by atoms with van der Waals surface area (Å²) in [5.41, 5.74) is 0. The highest BCUT2D eigenvalue weighted by atomic mass is 32.2. The van der Waals surface area contributed by atoms with E-state index < -0.39 is 25.1 Å². The first-order chi connectivity index (χ1) is 9.22. The molecule has 2 rings (SSSR count). The molecule has 2 aliphatic rings. The smallest absolute Gasteiger partial charge is 0.217 e. The van der Waals surface area contributed by atoms with Crippen LogP contribution in [0.5, 0.6) is 0 Å². The SMILES string of the molecule is CC(=O)C1CCCN(S(=O)(=O)C2CCS(=O)(=O)CC2)C1. The zero-order valence-electron chi connectivity index (χ0n) is 11.6. The summed E-state index contributed by atoms with van der Waals surface area (Å²) in [5.74, 6) is -0.302. The molecule has 0 saturated carbocycles. The fourth-order valence-electron chi connectivity index (χ4n) is 2.88. The normalized spacial score (nSPS) is 29.1. The number of ketones is 1. The van der Waals surface area contributed by atoms with Crippen LogP contribution in [0.4, 0.5) is 0 Å². The van der Waals surface area contributed by atoms with Gasteiger partial charge in [0, 0.05) is 19.0 Å². The molecule has 116 valence electrons. The van der Waals surface area contributed by atoms with Gasteiger partial charge in [-0.1, -0.05) is 0 Å². The van der Waals surface area contributed by atoms with Crippen molar-refractivity contribution in [2.24, 2.45) is 5.92 Å². The van der Waals surface area contributed by atoms with Crippen molar-refractivity contribution in [1.82, 2.24) is 4.31 Å². The van der Waals surface area contributed by atoms with Gasteiger partial charge in [0.05, 0.1) is 16.8 Å². The Morgan fingerprint density at radius 3 is 2.30 bits per heavy atom. The van der Waals surface area contributed by atoms with Crippen molar-refractivity contribution in [2.45, 2.75) is 37.9 Å².